The molecule has 0 spiro atoms. The van der Waals surface area contributed by atoms with Crippen LogP contribution in [0.1, 0.15) is 16.7 Å². The highest BCUT2D eigenvalue weighted by Gasteiger charge is 2.33. The molecule has 21 heavy (non-hydrogen) atoms. The van der Waals surface area contributed by atoms with Crippen molar-refractivity contribution < 1.29 is 22.3 Å². The second kappa shape index (κ2) is 5.83. The van der Waals surface area contributed by atoms with Crippen molar-refractivity contribution in [1.29, 1.82) is 5.26 Å². The second-order valence-electron chi connectivity index (χ2n) is 4.20. The van der Waals surface area contributed by atoms with Crippen molar-refractivity contribution >= 4 is 0 Å². The summed E-state index contributed by atoms with van der Waals surface area (Å²) >= 11 is 0. The molecule has 0 bridgehead atoms. The predicted molar refractivity (Wildman–Crippen MR) is 66.9 cm³/mol. The lowest BCUT2D eigenvalue weighted by Crippen LogP contribution is -2.08. The lowest BCUT2D eigenvalue weighted by Gasteiger charge is -2.11. The number of nitrogens with zero attached hydrogens (tertiary/aromatic N) is 1. The van der Waals surface area contributed by atoms with Crippen molar-refractivity contribution in [1.82, 2.24) is 0 Å². The van der Waals surface area contributed by atoms with Crippen LogP contribution in [-0.2, 0) is 12.8 Å². The normalized spacial score (nSPS) is 11.0. The number of nitriles is 1. The van der Waals surface area contributed by atoms with Gasteiger partial charge in [-0.15, -0.1) is 0 Å². The molecule has 0 saturated carbocycles. The Hall–Kier alpha value is -2.55. The van der Waals surface area contributed by atoms with Gasteiger partial charge in [0.25, 0.3) is 0 Å². The van der Waals surface area contributed by atoms with E-state index >= 15 is 0 Å². The van der Waals surface area contributed by atoms with E-state index in [1.807, 2.05) is 0 Å². The number of rotatable bonds is 3. The van der Waals surface area contributed by atoms with Gasteiger partial charge in [0, 0.05) is 5.56 Å². The van der Waals surface area contributed by atoms with E-state index in [-0.39, 0.29) is 17.9 Å². The van der Waals surface area contributed by atoms with E-state index in [2.05, 4.69) is 0 Å². The van der Waals surface area contributed by atoms with Crippen LogP contribution in [0.5, 0.6) is 5.75 Å². The van der Waals surface area contributed by atoms with Crippen molar-refractivity contribution in [2.45, 2.75) is 12.8 Å². The Morgan fingerprint density at radius 1 is 1.10 bits per heavy atom. The summed E-state index contributed by atoms with van der Waals surface area (Å²) in [4.78, 5) is 0. The maximum Gasteiger partial charge on any atom is 0.417 e. The van der Waals surface area contributed by atoms with Gasteiger partial charge in [0.05, 0.1) is 17.2 Å². The van der Waals surface area contributed by atoms with E-state index in [9.17, 15) is 17.6 Å². The Morgan fingerprint density at radius 3 is 2.43 bits per heavy atom. The minimum Gasteiger partial charge on any atom is -0.489 e. The molecule has 0 aromatic heterocycles. The fourth-order valence-corrected chi connectivity index (χ4v) is 1.73. The van der Waals surface area contributed by atoms with Crippen LogP contribution in [0.3, 0.4) is 0 Å². The summed E-state index contributed by atoms with van der Waals surface area (Å²) in [5, 5.41) is 8.77. The fourth-order valence-electron chi connectivity index (χ4n) is 1.73. The monoisotopic (exact) mass is 295 g/mol. The Kier molecular flexibility index (Phi) is 4.13. The minimum atomic E-state index is -4.60. The average molecular weight is 295 g/mol. The van der Waals surface area contributed by atoms with Gasteiger partial charge >= 0.3 is 6.18 Å². The molecular weight excluding hydrogens is 286 g/mol. The van der Waals surface area contributed by atoms with Gasteiger partial charge in [-0.25, -0.2) is 4.39 Å². The number of ether oxygens (including phenoxy) is 1. The Labute approximate surface area is 118 Å². The largest absolute Gasteiger partial charge is 0.489 e. The molecule has 0 radical (unpaired) electrons. The van der Waals surface area contributed by atoms with Gasteiger partial charge in [0.2, 0.25) is 0 Å². The number of hydrogen-bond donors (Lipinski definition) is 0. The average Bonchev–Trinajstić information content (AvgIpc) is 2.45. The highest BCUT2D eigenvalue weighted by atomic mass is 19.4. The summed E-state index contributed by atoms with van der Waals surface area (Å²) in [7, 11) is 0. The van der Waals surface area contributed by atoms with Gasteiger partial charge in [-0.3, -0.25) is 0 Å². The summed E-state index contributed by atoms with van der Waals surface area (Å²) in [5.74, 6) is -0.396. The molecule has 0 fully saturated rings. The van der Waals surface area contributed by atoms with Crippen molar-refractivity contribution in [3.8, 4) is 11.8 Å². The summed E-state index contributed by atoms with van der Waals surface area (Å²) < 4.78 is 56.5. The van der Waals surface area contributed by atoms with Gasteiger partial charge < -0.3 is 4.74 Å². The Morgan fingerprint density at radius 2 is 1.81 bits per heavy atom. The number of halogens is 4. The number of hydrogen-bond acceptors (Lipinski definition) is 2. The molecule has 2 nitrogen and oxygen atoms in total. The molecule has 2 aromatic carbocycles. The molecular formula is C15H9F4NO. The Balaban J connectivity index is 2.19. The smallest absolute Gasteiger partial charge is 0.417 e. The van der Waals surface area contributed by atoms with Crippen molar-refractivity contribution in [3.63, 3.8) is 0 Å². The molecule has 0 amide bonds. The molecule has 6 heteroatoms. The topological polar surface area (TPSA) is 33.0 Å². The zero-order valence-corrected chi connectivity index (χ0v) is 10.6. The fraction of sp³-hybridized carbons (Fsp3) is 0.133. The standard InChI is InChI=1S/C15H9F4NO/c16-14-4-2-1-3-10(14)9-21-12-5-6-13(15(17,18)19)11(7-12)8-20/h1-7H,9H2. The van der Waals surface area contributed by atoms with Crippen LogP contribution in [0.25, 0.3) is 0 Å². The van der Waals surface area contributed by atoms with E-state index in [1.165, 1.54) is 24.3 Å². The molecule has 0 saturated heterocycles. The van der Waals surface area contributed by atoms with E-state index in [0.29, 0.717) is 0 Å². The molecule has 2 aromatic rings. The van der Waals surface area contributed by atoms with Gasteiger partial charge in [-0.2, -0.15) is 18.4 Å². The first kappa shape index (κ1) is 14.9. The molecule has 0 unspecified atom stereocenters. The van der Waals surface area contributed by atoms with Crippen molar-refractivity contribution in [3.05, 3.63) is 65.0 Å². The van der Waals surface area contributed by atoms with Gasteiger partial charge in [-0.05, 0) is 24.3 Å². The van der Waals surface area contributed by atoms with Crippen LogP contribution >= 0.6 is 0 Å². The van der Waals surface area contributed by atoms with Gasteiger partial charge in [0.15, 0.2) is 0 Å². The molecule has 0 atom stereocenters. The highest BCUT2D eigenvalue weighted by Crippen LogP contribution is 2.33. The summed E-state index contributed by atoms with van der Waals surface area (Å²) in [6, 6.07) is 10.2. The molecule has 0 heterocycles. The first-order valence-corrected chi connectivity index (χ1v) is 5.89. The van der Waals surface area contributed by atoms with Crippen LogP contribution in [0.2, 0.25) is 0 Å². The zero-order valence-electron chi connectivity index (χ0n) is 10.6. The molecule has 2 rings (SSSR count). The third-order valence-corrected chi connectivity index (χ3v) is 2.77. The lowest BCUT2D eigenvalue weighted by atomic mass is 10.1. The number of alkyl halides is 3. The summed E-state index contributed by atoms with van der Waals surface area (Å²) in [6.07, 6.45) is -4.60. The van der Waals surface area contributed by atoms with Crippen molar-refractivity contribution in [2.75, 3.05) is 0 Å². The summed E-state index contributed by atoms with van der Waals surface area (Å²) in [5.41, 5.74) is -1.28. The van der Waals surface area contributed by atoms with Crippen LogP contribution in [-0.4, -0.2) is 0 Å². The maximum absolute atomic E-state index is 13.4. The second-order valence-corrected chi connectivity index (χ2v) is 4.20. The SMILES string of the molecule is N#Cc1cc(OCc2ccccc2F)ccc1C(F)(F)F. The third kappa shape index (κ3) is 3.51. The minimum absolute atomic E-state index is 0.0720. The van der Waals surface area contributed by atoms with Crippen LogP contribution < -0.4 is 4.74 Å². The first-order chi connectivity index (χ1) is 9.91. The van der Waals surface area contributed by atoms with Crippen LogP contribution in [0, 0.1) is 17.1 Å². The van der Waals surface area contributed by atoms with E-state index in [4.69, 9.17) is 10.00 Å². The molecule has 108 valence electrons. The van der Waals surface area contributed by atoms with Gasteiger partial charge in [0.1, 0.15) is 18.2 Å². The predicted octanol–water partition coefficient (Wildman–Crippen LogP) is 4.30. The van der Waals surface area contributed by atoms with E-state index in [1.54, 1.807) is 6.07 Å². The van der Waals surface area contributed by atoms with Crippen LogP contribution in [0.15, 0.2) is 42.5 Å². The third-order valence-electron chi connectivity index (χ3n) is 2.77. The molecule has 0 aliphatic carbocycles. The van der Waals surface area contributed by atoms with Crippen LogP contribution in [0.4, 0.5) is 17.6 Å². The zero-order chi connectivity index (χ0) is 15.5. The lowest BCUT2D eigenvalue weighted by molar-refractivity contribution is -0.137. The quantitative estimate of drug-likeness (QED) is 0.791. The maximum atomic E-state index is 13.4. The number of benzene rings is 2. The van der Waals surface area contributed by atoms with Crippen molar-refractivity contribution in [2.24, 2.45) is 0 Å². The molecule has 0 N–H and O–H groups in total. The first-order valence-electron chi connectivity index (χ1n) is 5.89. The van der Waals surface area contributed by atoms with E-state index in [0.717, 1.165) is 18.2 Å². The summed E-state index contributed by atoms with van der Waals surface area (Å²) in [6.45, 7) is -0.136. The molecule has 0 aliphatic heterocycles. The Bertz CT molecular complexity index is 689. The van der Waals surface area contributed by atoms with E-state index < -0.39 is 23.1 Å². The molecule has 0 aliphatic rings. The van der Waals surface area contributed by atoms with Gasteiger partial charge in [-0.1, -0.05) is 18.2 Å². The highest BCUT2D eigenvalue weighted by molar-refractivity contribution is 5.44.